The lowest BCUT2D eigenvalue weighted by Gasteiger charge is -2.06. The van der Waals surface area contributed by atoms with Crippen molar-refractivity contribution in [1.29, 1.82) is 0 Å². The van der Waals surface area contributed by atoms with Crippen LogP contribution in [-0.2, 0) is 6.42 Å². The van der Waals surface area contributed by atoms with Gasteiger partial charge in [0.1, 0.15) is 0 Å². The Kier molecular flexibility index (Phi) is 2.88. The number of rotatable bonds is 2. The van der Waals surface area contributed by atoms with Gasteiger partial charge in [-0.15, -0.1) is 0 Å². The van der Waals surface area contributed by atoms with Crippen LogP contribution in [0.1, 0.15) is 28.7 Å². The fourth-order valence-corrected chi connectivity index (χ4v) is 1.98. The van der Waals surface area contributed by atoms with Crippen molar-refractivity contribution in [2.45, 2.75) is 26.4 Å². The molecule has 18 heavy (non-hydrogen) atoms. The van der Waals surface area contributed by atoms with Crippen LogP contribution in [0.25, 0.3) is 5.52 Å². The average Bonchev–Trinajstić information content (AvgIpc) is 2.65. The molecule has 0 saturated carbocycles. The second kappa shape index (κ2) is 4.12. The van der Waals surface area contributed by atoms with E-state index in [9.17, 15) is 18.0 Å². The van der Waals surface area contributed by atoms with Gasteiger partial charge in [0.25, 0.3) is 5.78 Å². The van der Waals surface area contributed by atoms with E-state index in [0.29, 0.717) is 17.8 Å². The van der Waals surface area contributed by atoms with Crippen LogP contribution in [0.3, 0.4) is 0 Å². The van der Waals surface area contributed by atoms with Crippen molar-refractivity contribution >= 4 is 11.3 Å². The number of hydrogen-bond acceptors (Lipinski definition) is 2. The summed E-state index contributed by atoms with van der Waals surface area (Å²) in [5.74, 6) is -1.82. The molecule has 2 rings (SSSR count). The molecule has 0 radical (unpaired) electrons. The van der Waals surface area contributed by atoms with Gasteiger partial charge in [-0.1, -0.05) is 6.92 Å². The van der Waals surface area contributed by atoms with Gasteiger partial charge in [0.2, 0.25) is 0 Å². The number of aryl methyl sites for hydroxylation is 2. The molecule has 2 aromatic heterocycles. The molecule has 2 aromatic rings. The molecule has 0 N–H and O–H groups in total. The monoisotopic (exact) mass is 256 g/mol. The van der Waals surface area contributed by atoms with Gasteiger partial charge in [-0.3, -0.25) is 9.78 Å². The number of fused-ring (bicyclic) bond motifs is 1. The summed E-state index contributed by atoms with van der Waals surface area (Å²) in [5.41, 5.74) is 0.984. The van der Waals surface area contributed by atoms with Crippen molar-refractivity contribution in [3.63, 3.8) is 0 Å². The first-order chi connectivity index (χ1) is 8.36. The summed E-state index contributed by atoms with van der Waals surface area (Å²) in [4.78, 5) is 15.4. The Morgan fingerprint density at radius 1 is 1.44 bits per heavy atom. The Bertz CT molecular complexity index is 614. The van der Waals surface area contributed by atoms with E-state index < -0.39 is 12.0 Å². The lowest BCUT2D eigenvalue weighted by atomic mass is 10.1. The number of Topliss-reactive ketones (excluding diaryl/α,β-unsaturated/α-hetero) is 1. The van der Waals surface area contributed by atoms with Crippen molar-refractivity contribution in [3.05, 3.63) is 35.4 Å². The fourth-order valence-electron chi connectivity index (χ4n) is 1.98. The van der Waals surface area contributed by atoms with Gasteiger partial charge in [0.05, 0.1) is 16.8 Å². The van der Waals surface area contributed by atoms with Crippen LogP contribution in [-0.4, -0.2) is 21.3 Å². The van der Waals surface area contributed by atoms with Crippen LogP contribution in [0.2, 0.25) is 0 Å². The Labute approximate surface area is 101 Å². The van der Waals surface area contributed by atoms with Crippen LogP contribution >= 0.6 is 0 Å². The highest BCUT2D eigenvalue weighted by atomic mass is 19.4. The highest BCUT2D eigenvalue weighted by Gasteiger charge is 2.41. The van der Waals surface area contributed by atoms with E-state index in [1.165, 1.54) is 12.3 Å². The van der Waals surface area contributed by atoms with Crippen LogP contribution in [0.5, 0.6) is 0 Å². The summed E-state index contributed by atoms with van der Waals surface area (Å²) < 4.78 is 39.1. The first-order valence-corrected chi connectivity index (χ1v) is 5.43. The van der Waals surface area contributed by atoms with Gasteiger partial charge in [0, 0.05) is 18.1 Å². The minimum atomic E-state index is -4.87. The van der Waals surface area contributed by atoms with Crippen molar-refractivity contribution in [3.8, 4) is 0 Å². The SMILES string of the molecule is CCc1nccn2c(C)cc(C(=O)C(F)(F)F)c12. The van der Waals surface area contributed by atoms with Crippen LogP contribution in [0, 0.1) is 6.92 Å². The largest absolute Gasteiger partial charge is 0.454 e. The predicted octanol–water partition coefficient (Wildman–Crippen LogP) is 2.95. The molecule has 0 amide bonds. The molecule has 0 fully saturated rings. The first kappa shape index (κ1) is 12.6. The third-order valence-corrected chi connectivity index (χ3v) is 2.79. The smallest absolute Gasteiger partial charge is 0.317 e. The second-order valence-electron chi connectivity index (χ2n) is 3.97. The lowest BCUT2D eigenvalue weighted by Crippen LogP contribution is -2.22. The molecule has 0 aliphatic carbocycles. The molecule has 2 heterocycles. The molecule has 0 bridgehead atoms. The summed E-state index contributed by atoms with van der Waals surface area (Å²) in [5, 5.41) is 0. The molecular formula is C12H11F3N2O. The van der Waals surface area contributed by atoms with Gasteiger partial charge in [0.15, 0.2) is 0 Å². The summed E-state index contributed by atoms with van der Waals surface area (Å²) in [6.07, 6.45) is -1.33. The zero-order valence-electron chi connectivity index (χ0n) is 9.88. The number of ketones is 1. The van der Waals surface area contributed by atoms with Gasteiger partial charge < -0.3 is 4.40 Å². The number of aromatic nitrogens is 2. The van der Waals surface area contributed by atoms with Gasteiger partial charge >= 0.3 is 6.18 Å². The number of halogens is 3. The quantitative estimate of drug-likeness (QED) is 0.774. The van der Waals surface area contributed by atoms with E-state index in [1.807, 2.05) is 0 Å². The Morgan fingerprint density at radius 2 is 2.11 bits per heavy atom. The number of nitrogens with zero attached hydrogens (tertiary/aromatic N) is 2. The zero-order valence-corrected chi connectivity index (χ0v) is 9.88. The highest BCUT2D eigenvalue weighted by Crippen LogP contribution is 2.27. The topological polar surface area (TPSA) is 34.4 Å². The molecule has 6 heteroatoms. The van der Waals surface area contributed by atoms with Gasteiger partial charge in [-0.2, -0.15) is 13.2 Å². The summed E-state index contributed by atoms with van der Waals surface area (Å²) in [6.45, 7) is 3.44. The molecule has 96 valence electrons. The minimum absolute atomic E-state index is 0.250. The van der Waals surface area contributed by atoms with E-state index in [4.69, 9.17) is 0 Å². The van der Waals surface area contributed by atoms with Crippen molar-refractivity contribution in [1.82, 2.24) is 9.38 Å². The van der Waals surface area contributed by atoms with Crippen molar-refractivity contribution < 1.29 is 18.0 Å². The summed E-state index contributed by atoms with van der Waals surface area (Å²) >= 11 is 0. The fraction of sp³-hybridized carbons (Fsp3) is 0.333. The molecule has 0 aliphatic heterocycles. The average molecular weight is 256 g/mol. The molecule has 0 aliphatic rings. The van der Waals surface area contributed by atoms with E-state index in [0.717, 1.165) is 0 Å². The van der Waals surface area contributed by atoms with Crippen molar-refractivity contribution in [2.75, 3.05) is 0 Å². The van der Waals surface area contributed by atoms with Gasteiger partial charge in [-0.25, -0.2) is 0 Å². The first-order valence-electron chi connectivity index (χ1n) is 5.43. The molecule has 0 saturated heterocycles. The Morgan fingerprint density at radius 3 is 2.67 bits per heavy atom. The normalized spacial score (nSPS) is 12.1. The number of alkyl halides is 3. The second-order valence-corrected chi connectivity index (χ2v) is 3.97. The third-order valence-electron chi connectivity index (χ3n) is 2.79. The predicted molar refractivity (Wildman–Crippen MR) is 59.7 cm³/mol. The molecule has 0 spiro atoms. The molecule has 0 atom stereocenters. The van der Waals surface area contributed by atoms with Crippen LogP contribution in [0.4, 0.5) is 13.2 Å². The van der Waals surface area contributed by atoms with Gasteiger partial charge in [-0.05, 0) is 19.4 Å². The molecule has 0 aromatic carbocycles. The molecule has 3 nitrogen and oxygen atoms in total. The summed E-state index contributed by atoms with van der Waals surface area (Å²) in [6, 6.07) is 1.26. The maximum absolute atomic E-state index is 12.5. The lowest BCUT2D eigenvalue weighted by molar-refractivity contribution is -0.0884. The van der Waals surface area contributed by atoms with Crippen LogP contribution in [0.15, 0.2) is 18.5 Å². The van der Waals surface area contributed by atoms with E-state index in [-0.39, 0.29) is 11.1 Å². The molecular weight excluding hydrogens is 245 g/mol. The minimum Gasteiger partial charge on any atom is -0.317 e. The summed E-state index contributed by atoms with van der Waals surface area (Å²) in [7, 11) is 0. The van der Waals surface area contributed by atoms with Crippen molar-refractivity contribution in [2.24, 2.45) is 0 Å². The highest BCUT2D eigenvalue weighted by molar-refractivity contribution is 6.06. The maximum Gasteiger partial charge on any atom is 0.454 e. The Balaban J connectivity index is 2.76. The maximum atomic E-state index is 12.5. The van der Waals surface area contributed by atoms with Crippen LogP contribution < -0.4 is 0 Å². The number of carbonyl (C=O) groups is 1. The van der Waals surface area contributed by atoms with E-state index >= 15 is 0 Å². The van der Waals surface area contributed by atoms with E-state index in [2.05, 4.69) is 4.98 Å². The van der Waals surface area contributed by atoms with E-state index in [1.54, 1.807) is 24.4 Å². The number of hydrogen-bond donors (Lipinski definition) is 0. The zero-order chi connectivity index (χ0) is 13.5. The standard InChI is InChI=1S/C12H11F3N2O/c1-3-9-10-8(11(18)12(13,14)15)6-7(2)17(10)5-4-16-9/h4-6H,3H2,1-2H3. The third kappa shape index (κ3) is 1.87. The number of carbonyl (C=O) groups excluding carboxylic acids is 1. The Hall–Kier alpha value is -1.85. The molecule has 0 unspecified atom stereocenters.